The van der Waals surface area contributed by atoms with Crippen LogP contribution < -0.4 is 5.46 Å². The van der Waals surface area contributed by atoms with Gasteiger partial charge in [-0.3, -0.25) is 0 Å². The second kappa shape index (κ2) is 12.0. The highest BCUT2D eigenvalue weighted by molar-refractivity contribution is 9.10. The quantitative estimate of drug-likeness (QED) is 0.0933. The molecule has 0 aliphatic rings. The van der Waals surface area contributed by atoms with Gasteiger partial charge in [0.25, 0.3) is 0 Å². The summed E-state index contributed by atoms with van der Waals surface area (Å²) >= 11 is 3.96. The first-order valence-corrected chi connectivity index (χ1v) is 20.2. The van der Waals surface area contributed by atoms with Gasteiger partial charge < -0.3 is 0 Å². The van der Waals surface area contributed by atoms with Crippen LogP contribution in [0.3, 0.4) is 0 Å². The smallest absolute Gasteiger partial charge is 0.0736 e. The average Bonchev–Trinajstić information content (AvgIpc) is 3.25. The van der Waals surface area contributed by atoms with Crippen molar-refractivity contribution in [3.05, 3.63) is 186 Å². The first kappa shape index (κ1) is 31.8. The number of halogens is 1. The molecular weight excluding hydrogens is 739 g/mol. The van der Waals surface area contributed by atoms with E-state index in [0.717, 1.165) is 4.47 Å². The molecule has 0 N–H and O–H groups in total. The first-order valence-electron chi connectivity index (χ1n) is 19.4. The summed E-state index contributed by atoms with van der Waals surface area (Å²) < 4.78 is 1.15. The van der Waals surface area contributed by atoms with Gasteiger partial charge in [-0.25, -0.2) is 0 Å². The SMILES string of the molecule is Bc1c2ccccc2cc2c1ccc1c(-c3c4ccccc4cc4c3ccc3c(-c5cccc6c5ccc5c(Br)c7ccccc7cc56)cccc34)cccc12. The summed E-state index contributed by atoms with van der Waals surface area (Å²) in [4.78, 5) is 0. The fourth-order valence-electron chi connectivity index (χ4n) is 9.86. The molecule has 0 atom stereocenters. The van der Waals surface area contributed by atoms with Crippen LogP contribution in [0.15, 0.2) is 186 Å². The third-order valence-corrected chi connectivity index (χ3v) is 13.3. The van der Waals surface area contributed by atoms with Gasteiger partial charge >= 0.3 is 0 Å². The molecule has 0 fully saturated rings. The van der Waals surface area contributed by atoms with Crippen molar-refractivity contribution < 1.29 is 0 Å². The van der Waals surface area contributed by atoms with E-state index < -0.39 is 0 Å². The van der Waals surface area contributed by atoms with Gasteiger partial charge in [-0.15, -0.1) is 0 Å². The van der Waals surface area contributed by atoms with Crippen LogP contribution in [0, 0.1) is 0 Å². The van der Waals surface area contributed by atoms with Crippen molar-refractivity contribution in [3.8, 4) is 22.3 Å². The molecule has 0 heterocycles. The summed E-state index contributed by atoms with van der Waals surface area (Å²) in [7, 11) is 2.26. The molecule has 0 nitrogen and oxygen atoms in total. The number of rotatable bonds is 2. The minimum Gasteiger partial charge on any atom is -0.0736 e. The largest absolute Gasteiger partial charge is 0.140 e. The fraction of sp³-hybridized carbons (Fsp3) is 0. The molecule has 0 aromatic heterocycles. The number of benzene rings is 12. The van der Waals surface area contributed by atoms with E-state index in [1.54, 1.807) is 0 Å². The Morgan fingerprint density at radius 1 is 0.268 bits per heavy atom. The van der Waals surface area contributed by atoms with Gasteiger partial charge in [-0.2, -0.15) is 0 Å². The van der Waals surface area contributed by atoms with E-state index in [1.165, 1.54) is 125 Å². The van der Waals surface area contributed by atoms with Crippen LogP contribution in [0.2, 0.25) is 0 Å². The normalized spacial score (nSPS) is 12.1. The van der Waals surface area contributed by atoms with E-state index in [1.807, 2.05) is 0 Å². The van der Waals surface area contributed by atoms with Crippen LogP contribution in [0.5, 0.6) is 0 Å². The number of hydrogen-bond donors (Lipinski definition) is 0. The Hall–Kier alpha value is -6.48. The van der Waals surface area contributed by atoms with E-state index in [0.29, 0.717) is 0 Å². The van der Waals surface area contributed by atoms with Crippen LogP contribution in [-0.4, -0.2) is 7.85 Å². The lowest BCUT2D eigenvalue weighted by Gasteiger charge is -2.18. The summed E-state index contributed by atoms with van der Waals surface area (Å²) in [6.45, 7) is 0. The molecule has 258 valence electrons. The van der Waals surface area contributed by atoms with Crippen molar-refractivity contribution in [2.75, 3.05) is 0 Å². The summed E-state index contributed by atoms with van der Waals surface area (Å²) in [5.41, 5.74) is 6.41. The lowest BCUT2D eigenvalue weighted by Crippen LogP contribution is -2.06. The van der Waals surface area contributed by atoms with E-state index in [4.69, 9.17) is 0 Å². The van der Waals surface area contributed by atoms with Crippen molar-refractivity contribution in [1.29, 1.82) is 0 Å². The molecule has 0 amide bonds. The standard InChI is InChI=1S/C54H32BBr/c55-53-35-14-5-2-11-32(35)29-50-41-20-9-21-45(44(41)23-26-47(50)53)52-34-13-4-1-10-31(34)28-49-39-18-7-16-37(42(39)22-25-46(49)52)38-17-8-19-40-43(38)24-27-48-51(40)30-33-12-3-6-15-36(33)54(48)56/h1-30H,55H2. The zero-order valence-corrected chi connectivity index (χ0v) is 32.3. The molecule has 0 spiro atoms. The van der Waals surface area contributed by atoms with Gasteiger partial charge in [0.15, 0.2) is 0 Å². The van der Waals surface area contributed by atoms with Crippen LogP contribution in [0.25, 0.3) is 119 Å². The minimum absolute atomic E-state index is 1.15. The highest BCUT2D eigenvalue weighted by Crippen LogP contribution is 2.46. The Balaban J connectivity index is 1.12. The topological polar surface area (TPSA) is 0 Å². The molecular formula is C54H32BBr. The Morgan fingerprint density at radius 2 is 0.661 bits per heavy atom. The van der Waals surface area contributed by atoms with Crippen molar-refractivity contribution in [1.82, 2.24) is 0 Å². The molecule has 0 bridgehead atoms. The Kier molecular flexibility index (Phi) is 6.83. The summed E-state index contributed by atoms with van der Waals surface area (Å²) in [6, 6.07) is 68.0. The van der Waals surface area contributed by atoms with Crippen LogP contribution in [0.1, 0.15) is 0 Å². The summed E-state index contributed by atoms with van der Waals surface area (Å²) in [5.74, 6) is 0. The van der Waals surface area contributed by atoms with Gasteiger partial charge in [-0.1, -0.05) is 169 Å². The molecule has 0 saturated carbocycles. The zero-order chi connectivity index (χ0) is 37.1. The van der Waals surface area contributed by atoms with Gasteiger partial charge in [0.2, 0.25) is 0 Å². The lowest BCUT2D eigenvalue weighted by atomic mass is 9.82. The Bertz CT molecular complexity index is 3670. The first-order chi connectivity index (χ1) is 27.6. The average molecular weight is 772 g/mol. The second-order valence-corrected chi connectivity index (χ2v) is 16.1. The van der Waals surface area contributed by atoms with Crippen molar-refractivity contribution in [2.24, 2.45) is 0 Å². The third-order valence-electron chi connectivity index (χ3n) is 12.5. The lowest BCUT2D eigenvalue weighted by molar-refractivity contribution is 1.70. The summed E-state index contributed by atoms with van der Waals surface area (Å²) in [6.07, 6.45) is 0. The van der Waals surface area contributed by atoms with E-state index in [9.17, 15) is 0 Å². The Morgan fingerprint density at radius 3 is 1.29 bits per heavy atom. The maximum atomic E-state index is 3.96. The third kappa shape index (κ3) is 4.48. The molecule has 12 aromatic rings. The van der Waals surface area contributed by atoms with Gasteiger partial charge in [0.1, 0.15) is 7.85 Å². The van der Waals surface area contributed by atoms with Gasteiger partial charge in [0.05, 0.1) is 0 Å². The molecule has 0 aliphatic heterocycles. The van der Waals surface area contributed by atoms with Crippen molar-refractivity contribution >= 4 is 126 Å². The molecule has 0 radical (unpaired) electrons. The highest BCUT2D eigenvalue weighted by Gasteiger charge is 2.18. The Labute approximate surface area is 333 Å². The number of fused-ring (bicyclic) bond motifs is 12. The predicted octanol–water partition coefficient (Wildman–Crippen LogP) is 14.4. The van der Waals surface area contributed by atoms with Crippen molar-refractivity contribution in [3.63, 3.8) is 0 Å². The maximum absolute atomic E-state index is 3.96. The van der Waals surface area contributed by atoms with E-state index >= 15 is 0 Å². The van der Waals surface area contributed by atoms with Gasteiger partial charge in [0, 0.05) is 4.47 Å². The van der Waals surface area contributed by atoms with Crippen LogP contribution in [0.4, 0.5) is 0 Å². The van der Waals surface area contributed by atoms with E-state index in [2.05, 4.69) is 206 Å². The van der Waals surface area contributed by atoms with Crippen LogP contribution >= 0.6 is 15.9 Å². The molecule has 0 unspecified atom stereocenters. The summed E-state index contributed by atoms with van der Waals surface area (Å²) in [5, 5.41) is 22.9. The molecule has 12 aromatic carbocycles. The van der Waals surface area contributed by atoms with E-state index in [-0.39, 0.29) is 0 Å². The predicted molar refractivity (Wildman–Crippen MR) is 251 cm³/mol. The number of hydrogen-bond acceptors (Lipinski definition) is 0. The monoisotopic (exact) mass is 770 g/mol. The van der Waals surface area contributed by atoms with Gasteiger partial charge in [-0.05, 0) is 153 Å². The molecule has 2 heteroatoms. The molecule has 12 rings (SSSR count). The maximum Gasteiger partial charge on any atom is 0.140 e. The molecule has 56 heavy (non-hydrogen) atoms. The zero-order valence-electron chi connectivity index (χ0n) is 30.7. The minimum atomic E-state index is 1.15. The van der Waals surface area contributed by atoms with Crippen LogP contribution in [-0.2, 0) is 0 Å². The second-order valence-electron chi connectivity index (χ2n) is 15.3. The molecule has 0 aliphatic carbocycles. The highest BCUT2D eigenvalue weighted by atomic mass is 79.9. The van der Waals surface area contributed by atoms with Crippen molar-refractivity contribution in [2.45, 2.75) is 0 Å². The fourth-order valence-corrected chi connectivity index (χ4v) is 10.6. The molecule has 0 saturated heterocycles.